The smallest absolute Gasteiger partial charge is 0.230 e. The van der Waals surface area contributed by atoms with Crippen molar-refractivity contribution in [2.45, 2.75) is 19.3 Å². The number of Topliss-reactive ketones (excluding diaryl/α,β-unsaturated/α-hetero) is 1. The van der Waals surface area contributed by atoms with Crippen LogP contribution in [0.5, 0.6) is 0 Å². The highest BCUT2D eigenvalue weighted by Gasteiger charge is 2.22. The number of ketones is 1. The van der Waals surface area contributed by atoms with Crippen molar-refractivity contribution in [3.05, 3.63) is 30.1 Å². The number of nitrogens with zero attached hydrogens (tertiary/aromatic N) is 2. The first-order valence-corrected chi connectivity index (χ1v) is 5.44. The van der Waals surface area contributed by atoms with Gasteiger partial charge < -0.3 is 4.90 Å². The maximum Gasteiger partial charge on any atom is 0.230 e. The summed E-state index contributed by atoms with van der Waals surface area (Å²) in [5.41, 5.74) is 1.12. The SMILES string of the molecule is O=C1CCN(CCc2cccnc2)C(=O)C1. The minimum atomic E-state index is -0.0415. The van der Waals surface area contributed by atoms with Crippen molar-refractivity contribution in [1.29, 1.82) is 0 Å². The number of rotatable bonds is 3. The van der Waals surface area contributed by atoms with Gasteiger partial charge in [-0.2, -0.15) is 0 Å². The van der Waals surface area contributed by atoms with Crippen molar-refractivity contribution in [1.82, 2.24) is 9.88 Å². The summed E-state index contributed by atoms with van der Waals surface area (Å²) in [5.74, 6) is 0.0165. The molecule has 0 radical (unpaired) electrons. The first-order valence-electron chi connectivity index (χ1n) is 5.44. The Morgan fingerprint density at radius 1 is 1.38 bits per heavy atom. The van der Waals surface area contributed by atoms with Crippen molar-refractivity contribution >= 4 is 11.7 Å². The second kappa shape index (κ2) is 4.88. The average molecular weight is 218 g/mol. The van der Waals surface area contributed by atoms with Gasteiger partial charge in [0, 0.05) is 31.9 Å². The molecule has 0 spiro atoms. The summed E-state index contributed by atoms with van der Waals surface area (Å²) in [6.45, 7) is 1.25. The van der Waals surface area contributed by atoms with E-state index in [1.807, 2.05) is 12.1 Å². The lowest BCUT2D eigenvalue weighted by molar-refractivity contribution is -0.139. The molecule has 4 nitrogen and oxygen atoms in total. The van der Waals surface area contributed by atoms with E-state index in [1.54, 1.807) is 17.3 Å². The maximum atomic E-state index is 11.5. The van der Waals surface area contributed by atoms with Gasteiger partial charge in [0.05, 0.1) is 6.42 Å². The van der Waals surface area contributed by atoms with E-state index >= 15 is 0 Å². The molecule has 2 heterocycles. The summed E-state index contributed by atoms with van der Waals surface area (Å²) >= 11 is 0. The molecule has 2 rings (SSSR count). The fourth-order valence-electron chi connectivity index (χ4n) is 1.80. The molecule has 0 unspecified atom stereocenters. The van der Waals surface area contributed by atoms with E-state index < -0.39 is 0 Å². The first-order chi connectivity index (χ1) is 7.75. The summed E-state index contributed by atoms with van der Waals surface area (Å²) in [5, 5.41) is 0. The van der Waals surface area contributed by atoms with E-state index in [1.165, 1.54) is 0 Å². The third kappa shape index (κ3) is 2.66. The molecule has 1 aliphatic heterocycles. The number of aromatic nitrogens is 1. The van der Waals surface area contributed by atoms with E-state index in [0.717, 1.165) is 12.0 Å². The molecule has 1 saturated heterocycles. The van der Waals surface area contributed by atoms with Gasteiger partial charge >= 0.3 is 0 Å². The molecule has 0 saturated carbocycles. The molecule has 0 N–H and O–H groups in total. The van der Waals surface area contributed by atoms with Gasteiger partial charge in [-0.1, -0.05) is 6.07 Å². The lowest BCUT2D eigenvalue weighted by Gasteiger charge is -2.25. The molecule has 1 aromatic rings. The monoisotopic (exact) mass is 218 g/mol. The van der Waals surface area contributed by atoms with Crippen LogP contribution in [0.4, 0.5) is 0 Å². The second-order valence-corrected chi connectivity index (χ2v) is 3.96. The maximum absolute atomic E-state index is 11.5. The molecule has 16 heavy (non-hydrogen) atoms. The third-order valence-corrected chi connectivity index (χ3v) is 2.75. The lowest BCUT2D eigenvalue weighted by atomic mass is 10.1. The van der Waals surface area contributed by atoms with Crippen LogP contribution in [0.25, 0.3) is 0 Å². The number of pyridine rings is 1. The van der Waals surface area contributed by atoms with E-state index in [9.17, 15) is 9.59 Å². The molecule has 4 heteroatoms. The number of piperidine rings is 1. The quantitative estimate of drug-likeness (QED) is 0.706. The minimum Gasteiger partial charge on any atom is -0.342 e. The molecule has 1 amide bonds. The largest absolute Gasteiger partial charge is 0.342 e. The van der Waals surface area contributed by atoms with Crippen LogP contribution < -0.4 is 0 Å². The Bertz CT molecular complexity index is 389. The van der Waals surface area contributed by atoms with Crippen molar-refractivity contribution in [2.24, 2.45) is 0 Å². The predicted octanol–water partition coefficient (Wildman–Crippen LogP) is 0.816. The van der Waals surface area contributed by atoms with Gasteiger partial charge in [-0.25, -0.2) is 0 Å². The number of hydrogen-bond acceptors (Lipinski definition) is 3. The molecule has 1 aliphatic rings. The normalized spacial score (nSPS) is 16.6. The van der Waals surface area contributed by atoms with Crippen molar-refractivity contribution < 1.29 is 9.59 Å². The zero-order valence-corrected chi connectivity index (χ0v) is 9.06. The van der Waals surface area contributed by atoms with Crippen molar-refractivity contribution in [2.75, 3.05) is 13.1 Å². The van der Waals surface area contributed by atoms with Crippen LogP contribution in [-0.4, -0.2) is 34.7 Å². The van der Waals surface area contributed by atoms with E-state index in [4.69, 9.17) is 0 Å². The highest BCUT2D eigenvalue weighted by atomic mass is 16.2. The summed E-state index contributed by atoms with van der Waals surface area (Å²) in [6.07, 6.45) is 4.91. The summed E-state index contributed by atoms with van der Waals surface area (Å²) in [4.78, 5) is 28.3. The molecule has 1 aromatic heterocycles. The molecule has 0 aromatic carbocycles. The van der Waals surface area contributed by atoms with Crippen LogP contribution in [0.3, 0.4) is 0 Å². The molecule has 0 atom stereocenters. The Labute approximate surface area is 94.3 Å². The van der Waals surface area contributed by atoms with Crippen LogP contribution in [0.2, 0.25) is 0 Å². The first kappa shape index (κ1) is 10.8. The van der Waals surface area contributed by atoms with Gasteiger partial charge in [0.25, 0.3) is 0 Å². The zero-order chi connectivity index (χ0) is 11.4. The molecule has 0 aliphatic carbocycles. The van der Waals surface area contributed by atoms with E-state index in [0.29, 0.717) is 19.5 Å². The Kier molecular flexibility index (Phi) is 3.29. The van der Waals surface area contributed by atoms with Crippen LogP contribution in [0.15, 0.2) is 24.5 Å². The lowest BCUT2D eigenvalue weighted by Crippen LogP contribution is -2.40. The van der Waals surface area contributed by atoms with Crippen molar-refractivity contribution in [3.63, 3.8) is 0 Å². The summed E-state index contributed by atoms with van der Waals surface area (Å²) in [7, 11) is 0. The molecule has 84 valence electrons. The molecular weight excluding hydrogens is 204 g/mol. The number of carbonyl (C=O) groups is 2. The Balaban J connectivity index is 1.87. The van der Waals surface area contributed by atoms with Gasteiger partial charge in [0.15, 0.2) is 0 Å². The standard InChI is InChI=1S/C12H14N2O2/c15-11-4-7-14(12(16)8-11)6-3-10-2-1-5-13-9-10/h1-2,5,9H,3-4,6-8H2. The average Bonchev–Trinajstić information content (AvgIpc) is 2.29. The predicted molar refractivity (Wildman–Crippen MR) is 58.8 cm³/mol. The Morgan fingerprint density at radius 2 is 2.25 bits per heavy atom. The summed E-state index contributed by atoms with van der Waals surface area (Å²) in [6, 6.07) is 3.88. The minimum absolute atomic E-state index is 0.0415. The number of amides is 1. The molecular formula is C12H14N2O2. The van der Waals surface area contributed by atoms with Gasteiger partial charge in [-0.05, 0) is 18.1 Å². The Hall–Kier alpha value is -1.71. The van der Waals surface area contributed by atoms with Crippen LogP contribution in [0, 0.1) is 0 Å². The van der Waals surface area contributed by atoms with Gasteiger partial charge in [-0.15, -0.1) is 0 Å². The topological polar surface area (TPSA) is 50.3 Å². The van der Waals surface area contributed by atoms with Crippen molar-refractivity contribution in [3.8, 4) is 0 Å². The summed E-state index contributed by atoms with van der Waals surface area (Å²) < 4.78 is 0. The third-order valence-electron chi connectivity index (χ3n) is 2.75. The van der Waals surface area contributed by atoms with E-state index in [2.05, 4.69) is 4.98 Å². The Morgan fingerprint density at radius 3 is 2.94 bits per heavy atom. The number of carbonyl (C=O) groups excluding carboxylic acids is 2. The van der Waals surface area contributed by atoms with Gasteiger partial charge in [0.2, 0.25) is 5.91 Å². The molecule has 0 bridgehead atoms. The van der Waals surface area contributed by atoms with Crippen LogP contribution in [0.1, 0.15) is 18.4 Å². The van der Waals surface area contributed by atoms with Gasteiger partial charge in [0.1, 0.15) is 5.78 Å². The number of likely N-dealkylation sites (tertiary alicyclic amines) is 1. The molecule has 1 fully saturated rings. The van der Waals surface area contributed by atoms with Crippen LogP contribution >= 0.6 is 0 Å². The van der Waals surface area contributed by atoms with Gasteiger partial charge in [-0.3, -0.25) is 14.6 Å². The fraction of sp³-hybridized carbons (Fsp3) is 0.417. The highest BCUT2D eigenvalue weighted by Crippen LogP contribution is 2.08. The second-order valence-electron chi connectivity index (χ2n) is 3.96. The van der Waals surface area contributed by atoms with Crippen LogP contribution in [-0.2, 0) is 16.0 Å². The zero-order valence-electron chi connectivity index (χ0n) is 9.06. The fourth-order valence-corrected chi connectivity index (χ4v) is 1.80. The number of hydrogen-bond donors (Lipinski definition) is 0. The highest BCUT2D eigenvalue weighted by molar-refractivity contribution is 6.00. The van der Waals surface area contributed by atoms with E-state index in [-0.39, 0.29) is 18.1 Å².